The van der Waals surface area contributed by atoms with Crippen molar-refractivity contribution in [2.75, 3.05) is 40.1 Å². The number of ether oxygens (including phenoxy) is 2. The molecule has 0 aromatic carbocycles. The van der Waals surface area contributed by atoms with Crippen LogP contribution in [0.5, 0.6) is 0 Å². The number of hydrogen-bond acceptors (Lipinski definition) is 4. The highest BCUT2D eigenvalue weighted by Crippen LogP contribution is 2.32. The first-order valence-electron chi connectivity index (χ1n) is 8.16. The summed E-state index contributed by atoms with van der Waals surface area (Å²) in [4.78, 5) is 12.6. The van der Waals surface area contributed by atoms with Crippen LogP contribution in [0.25, 0.3) is 0 Å². The molecule has 5 nitrogen and oxygen atoms in total. The average Bonchev–Trinajstić information content (AvgIpc) is 2.54. The first kappa shape index (κ1) is 16.7. The number of hydrogen-bond donors (Lipinski definition) is 2. The van der Waals surface area contributed by atoms with Crippen LogP contribution in [0.2, 0.25) is 0 Å². The van der Waals surface area contributed by atoms with Gasteiger partial charge in [0.2, 0.25) is 5.91 Å². The van der Waals surface area contributed by atoms with Crippen LogP contribution in [0.4, 0.5) is 0 Å². The number of nitrogens with one attached hydrogen (secondary N) is 1. The molecular weight excluding hydrogens is 270 g/mol. The molecule has 0 unspecified atom stereocenters. The van der Waals surface area contributed by atoms with E-state index in [4.69, 9.17) is 9.47 Å². The van der Waals surface area contributed by atoms with Crippen LogP contribution in [0.15, 0.2) is 0 Å². The minimum Gasteiger partial charge on any atom is -0.396 e. The Balaban J connectivity index is 1.84. The van der Waals surface area contributed by atoms with Crippen LogP contribution in [0.1, 0.15) is 38.5 Å². The van der Waals surface area contributed by atoms with E-state index in [9.17, 15) is 9.90 Å². The fourth-order valence-electron chi connectivity index (χ4n) is 3.65. The van der Waals surface area contributed by atoms with Crippen molar-refractivity contribution in [3.05, 3.63) is 0 Å². The summed E-state index contributed by atoms with van der Waals surface area (Å²) in [5.74, 6) is 1.02. The number of aliphatic hydroxyl groups is 1. The maximum atomic E-state index is 12.6. The molecule has 2 aliphatic rings. The summed E-state index contributed by atoms with van der Waals surface area (Å²) in [5.41, 5.74) is -0.419. The van der Waals surface area contributed by atoms with Crippen LogP contribution in [-0.4, -0.2) is 51.1 Å². The fraction of sp³-hybridized carbons (Fsp3) is 0.938. The third-order valence-electron chi connectivity index (χ3n) is 5.05. The van der Waals surface area contributed by atoms with Gasteiger partial charge in [0.15, 0.2) is 0 Å². The van der Waals surface area contributed by atoms with Gasteiger partial charge in [0, 0.05) is 33.5 Å². The van der Waals surface area contributed by atoms with E-state index >= 15 is 0 Å². The molecule has 0 aromatic rings. The molecule has 1 saturated heterocycles. The van der Waals surface area contributed by atoms with E-state index in [1.807, 2.05) is 0 Å². The van der Waals surface area contributed by atoms with Crippen molar-refractivity contribution in [3.8, 4) is 0 Å². The minimum atomic E-state index is -0.419. The first-order valence-corrected chi connectivity index (χ1v) is 8.16. The summed E-state index contributed by atoms with van der Waals surface area (Å²) in [6.45, 7) is 2.72. The van der Waals surface area contributed by atoms with Gasteiger partial charge in [0.25, 0.3) is 0 Å². The number of rotatable bonds is 6. The highest BCUT2D eigenvalue weighted by atomic mass is 16.5. The smallest absolute Gasteiger partial charge is 0.228 e. The lowest BCUT2D eigenvalue weighted by molar-refractivity contribution is -0.141. The number of methoxy groups -OCH3 is 1. The Hall–Kier alpha value is -0.650. The summed E-state index contributed by atoms with van der Waals surface area (Å²) >= 11 is 0. The molecule has 1 aliphatic carbocycles. The van der Waals surface area contributed by atoms with Crippen molar-refractivity contribution < 1.29 is 19.4 Å². The van der Waals surface area contributed by atoms with E-state index in [0.717, 1.165) is 45.1 Å². The molecule has 1 heterocycles. The molecule has 2 atom stereocenters. The van der Waals surface area contributed by atoms with Gasteiger partial charge in [-0.3, -0.25) is 4.79 Å². The Labute approximate surface area is 127 Å². The first-order chi connectivity index (χ1) is 10.2. The maximum Gasteiger partial charge on any atom is 0.228 e. The van der Waals surface area contributed by atoms with Crippen LogP contribution in [0, 0.1) is 17.3 Å². The SMILES string of the molecule is COCC1(C(=O)NC[C@H]2CCC[C@@H](CO)C2)CCOCC1. The van der Waals surface area contributed by atoms with Crippen LogP contribution in [-0.2, 0) is 14.3 Å². The molecule has 1 saturated carbocycles. The van der Waals surface area contributed by atoms with E-state index in [2.05, 4.69) is 5.32 Å². The van der Waals surface area contributed by atoms with Crippen LogP contribution >= 0.6 is 0 Å². The fourth-order valence-corrected chi connectivity index (χ4v) is 3.65. The van der Waals surface area contributed by atoms with Gasteiger partial charge in [-0.15, -0.1) is 0 Å². The normalized spacial score (nSPS) is 29.0. The topological polar surface area (TPSA) is 67.8 Å². The summed E-state index contributed by atoms with van der Waals surface area (Å²) < 4.78 is 10.7. The van der Waals surface area contributed by atoms with Crippen molar-refractivity contribution in [3.63, 3.8) is 0 Å². The molecular formula is C16H29NO4. The van der Waals surface area contributed by atoms with E-state index < -0.39 is 5.41 Å². The van der Waals surface area contributed by atoms with Gasteiger partial charge in [-0.25, -0.2) is 0 Å². The summed E-state index contributed by atoms with van der Waals surface area (Å²) in [6, 6.07) is 0. The molecule has 0 bridgehead atoms. The highest BCUT2D eigenvalue weighted by molar-refractivity contribution is 5.82. The van der Waals surface area contributed by atoms with Crippen molar-refractivity contribution in [2.24, 2.45) is 17.3 Å². The second-order valence-corrected chi connectivity index (χ2v) is 6.62. The summed E-state index contributed by atoms with van der Waals surface area (Å²) in [7, 11) is 1.65. The predicted octanol–water partition coefficient (Wildman–Crippen LogP) is 1.34. The third kappa shape index (κ3) is 4.41. The lowest BCUT2D eigenvalue weighted by Gasteiger charge is -2.36. The second-order valence-electron chi connectivity index (χ2n) is 6.62. The lowest BCUT2D eigenvalue weighted by Crippen LogP contribution is -2.48. The molecule has 1 aliphatic heterocycles. The minimum absolute atomic E-state index is 0.110. The number of amides is 1. The molecule has 2 rings (SSSR count). The van der Waals surface area contributed by atoms with Gasteiger partial charge in [0.05, 0.1) is 12.0 Å². The van der Waals surface area contributed by atoms with Crippen molar-refractivity contribution >= 4 is 5.91 Å². The zero-order valence-corrected chi connectivity index (χ0v) is 13.1. The Kier molecular flexibility index (Phi) is 6.45. The third-order valence-corrected chi connectivity index (χ3v) is 5.05. The van der Waals surface area contributed by atoms with Crippen LogP contribution in [0.3, 0.4) is 0 Å². The number of carbonyl (C=O) groups is 1. The Bertz CT molecular complexity index is 323. The number of aliphatic hydroxyl groups excluding tert-OH is 1. The van der Waals surface area contributed by atoms with Gasteiger partial charge in [0.1, 0.15) is 0 Å². The molecule has 0 radical (unpaired) electrons. The quantitative estimate of drug-likeness (QED) is 0.777. The van der Waals surface area contributed by atoms with Crippen LogP contribution < -0.4 is 5.32 Å². The Morgan fingerprint density at radius 3 is 2.71 bits per heavy atom. The molecule has 0 aromatic heterocycles. The van der Waals surface area contributed by atoms with E-state index in [-0.39, 0.29) is 12.5 Å². The van der Waals surface area contributed by atoms with E-state index in [1.54, 1.807) is 7.11 Å². The van der Waals surface area contributed by atoms with E-state index in [0.29, 0.717) is 31.7 Å². The molecule has 21 heavy (non-hydrogen) atoms. The zero-order chi connectivity index (χ0) is 15.1. The van der Waals surface area contributed by atoms with Gasteiger partial charge in [-0.05, 0) is 43.9 Å². The largest absolute Gasteiger partial charge is 0.396 e. The predicted molar refractivity (Wildman–Crippen MR) is 79.9 cm³/mol. The second kappa shape index (κ2) is 8.11. The Morgan fingerprint density at radius 2 is 2.05 bits per heavy atom. The lowest BCUT2D eigenvalue weighted by atomic mass is 9.79. The Morgan fingerprint density at radius 1 is 1.33 bits per heavy atom. The van der Waals surface area contributed by atoms with E-state index in [1.165, 1.54) is 0 Å². The van der Waals surface area contributed by atoms with Gasteiger partial charge in [-0.1, -0.05) is 6.42 Å². The van der Waals surface area contributed by atoms with Gasteiger partial charge < -0.3 is 19.9 Å². The molecule has 2 N–H and O–H groups in total. The van der Waals surface area contributed by atoms with Gasteiger partial charge in [-0.2, -0.15) is 0 Å². The highest BCUT2D eigenvalue weighted by Gasteiger charge is 2.40. The molecule has 2 fully saturated rings. The zero-order valence-electron chi connectivity index (χ0n) is 13.1. The number of carbonyl (C=O) groups excluding carboxylic acids is 1. The molecule has 1 amide bonds. The van der Waals surface area contributed by atoms with Crippen molar-refractivity contribution in [2.45, 2.75) is 38.5 Å². The average molecular weight is 299 g/mol. The summed E-state index contributed by atoms with van der Waals surface area (Å²) in [5, 5.41) is 12.4. The molecule has 5 heteroatoms. The standard InChI is InChI=1S/C16H29NO4/c1-20-12-16(5-7-21-8-6-16)15(19)17-10-13-3-2-4-14(9-13)11-18/h13-14,18H,2-12H2,1H3,(H,17,19)/t13-,14+/m0/s1. The molecule has 0 spiro atoms. The van der Waals surface area contributed by atoms with Crippen molar-refractivity contribution in [1.29, 1.82) is 0 Å². The molecule has 122 valence electrons. The monoisotopic (exact) mass is 299 g/mol. The van der Waals surface area contributed by atoms with Gasteiger partial charge >= 0.3 is 0 Å². The maximum absolute atomic E-state index is 12.6. The summed E-state index contributed by atoms with van der Waals surface area (Å²) in [6.07, 6.45) is 5.91. The van der Waals surface area contributed by atoms with Crippen molar-refractivity contribution in [1.82, 2.24) is 5.32 Å².